The van der Waals surface area contributed by atoms with Crippen molar-refractivity contribution in [3.05, 3.63) is 63.2 Å². The molecule has 8 heteroatoms. The number of thioether (sulfide) groups is 1. The number of halogens is 1. The van der Waals surface area contributed by atoms with Crippen LogP contribution in [0.2, 0.25) is 0 Å². The van der Waals surface area contributed by atoms with Crippen molar-refractivity contribution in [2.75, 3.05) is 26.5 Å². The van der Waals surface area contributed by atoms with Gasteiger partial charge in [-0.05, 0) is 71.9 Å². The van der Waals surface area contributed by atoms with Crippen molar-refractivity contribution in [1.82, 2.24) is 19.8 Å². The van der Waals surface area contributed by atoms with Crippen LogP contribution in [0, 0.1) is 13.8 Å². The Morgan fingerprint density at radius 1 is 1.31 bits per heavy atom. The van der Waals surface area contributed by atoms with Crippen LogP contribution < -0.4 is 10.9 Å². The number of benzene rings is 1. The average Bonchev–Trinajstić information content (AvgIpc) is 3.58. The molecular weight excluding hydrogens is 475 g/mol. The third-order valence-electron chi connectivity index (χ3n) is 7.78. The van der Waals surface area contributed by atoms with E-state index in [0.29, 0.717) is 17.7 Å². The van der Waals surface area contributed by atoms with Crippen molar-refractivity contribution in [2.24, 2.45) is 0 Å². The molecule has 0 unspecified atom stereocenters. The maximum atomic E-state index is 13.5. The topological polar surface area (TPSA) is 70.1 Å². The van der Waals surface area contributed by atoms with Crippen LogP contribution in [-0.2, 0) is 6.54 Å². The van der Waals surface area contributed by atoms with Gasteiger partial charge in [-0.25, -0.2) is 4.39 Å². The normalized spacial score (nSPS) is 15.4. The minimum absolute atomic E-state index is 0.119. The number of amides is 1. The van der Waals surface area contributed by atoms with E-state index in [-0.39, 0.29) is 36.3 Å². The number of nitrogens with zero attached hydrogens (tertiary/aromatic N) is 2. The number of aryl methyl sites for hydroxylation is 1. The van der Waals surface area contributed by atoms with Crippen molar-refractivity contribution in [2.45, 2.75) is 69.5 Å². The Balaban J connectivity index is 1.57. The zero-order valence-corrected chi connectivity index (χ0v) is 22.7. The lowest BCUT2D eigenvalue weighted by atomic mass is 10.0. The van der Waals surface area contributed by atoms with E-state index in [1.807, 2.05) is 51.4 Å². The first kappa shape index (κ1) is 26.5. The number of pyridine rings is 1. The molecule has 3 aromatic rings. The minimum Gasteiger partial charge on any atom is -0.348 e. The molecule has 1 aliphatic rings. The fraction of sp³-hybridized carbons (Fsp3) is 0.500. The van der Waals surface area contributed by atoms with Crippen LogP contribution in [0.15, 0.2) is 40.0 Å². The zero-order chi connectivity index (χ0) is 26.0. The van der Waals surface area contributed by atoms with Crippen LogP contribution in [0.1, 0.15) is 66.0 Å². The van der Waals surface area contributed by atoms with E-state index in [9.17, 15) is 14.0 Å². The molecule has 1 saturated carbocycles. The molecule has 0 aliphatic heterocycles. The van der Waals surface area contributed by atoms with Crippen LogP contribution in [0.3, 0.4) is 0 Å². The summed E-state index contributed by atoms with van der Waals surface area (Å²) >= 11 is 1.50. The Bertz CT molecular complexity index is 1310. The SMILES string of the molecule is CSc1cc(C)[nH]c(=O)c1CNC(=O)c1c(C)n([C@H](C)CCC2(N(C)CCF)CC2)c2ccccc12. The van der Waals surface area contributed by atoms with Crippen molar-refractivity contribution < 1.29 is 9.18 Å². The fourth-order valence-electron chi connectivity index (χ4n) is 5.48. The molecule has 1 amide bonds. The number of carbonyl (C=O) groups is 1. The van der Waals surface area contributed by atoms with Crippen molar-refractivity contribution >= 4 is 28.6 Å². The first-order valence-corrected chi connectivity index (χ1v) is 13.9. The van der Waals surface area contributed by atoms with Gasteiger partial charge < -0.3 is 14.9 Å². The Morgan fingerprint density at radius 3 is 2.69 bits per heavy atom. The molecule has 0 radical (unpaired) electrons. The number of H-pyrrole nitrogens is 1. The fourth-order valence-corrected chi connectivity index (χ4v) is 6.18. The van der Waals surface area contributed by atoms with Crippen LogP contribution in [0.4, 0.5) is 4.39 Å². The summed E-state index contributed by atoms with van der Waals surface area (Å²) in [6, 6.07) is 10.1. The first-order chi connectivity index (χ1) is 17.2. The van der Waals surface area contributed by atoms with Gasteiger partial charge in [0, 0.05) is 57.4 Å². The Hall–Kier alpha value is -2.58. The van der Waals surface area contributed by atoms with E-state index < -0.39 is 0 Å². The van der Waals surface area contributed by atoms with Gasteiger partial charge in [0.2, 0.25) is 0 Å². The molecular formula is C28H37FN4O2S. The predicted octanol–water partition coefficient (Wildman–Crippen LogP) is 5.37. The summed E-state index contributed by atoms with van der Waals surface area (Å²) in [7, 11) is 2.03. The number of hydrogen-bond acceptors (Lipinski definition) is 4. The van der Waals surface area contributed by atoms with Gasteiger partial charge in [0.1, 0.15) is 6.67 Å². The number of para-hydroxylation sites is 1. The van der Waals surface area contributed by atoms with Crippen molar-refractivity contribution in [3.63, 3.8) is 0 Å². The number of nitrogens with one attached hydrogen (secondary N) is 2. The second-order valence-electron chi connectivity index (χ2n) is 10.1. The third kappa shape index (κ3) is 5.11. The Kier molecular flexibility index (Phi) is 7.95. The van der Waals surface area contributed by atoms with Gasteiger partial charge in [0.25, 0.3) is 11.5 Å². The molecule has 1 aromatic carbocycles. The molecule has 0 spiro atoms. The molecule has 1 atom stereocenters. The van der Waals surface area contributed by atoms with E-state index in [1.54, 1.807) is 0 Å². The standard InChI is InChI=1S/C28H37FN4O2S/c1-18-16-24(36-5)22(26(34)31-18)17-30-27(35)25-20(3)33(23-9-7-6-8-21(23)25)19(2)10-11-28(12-13-28)32(4)15-14-29/h6-9,16,19H,10-15,17H2,1-5H3,(H,30,35)(H,31,34)/t19-/m1/s1. The summed E-state index contributed by atoms with van der Waals surface area (Å²) in [6.07, 6.45) is 6.12. The van der Waals surface area contributed by atoms with Gasteiger partial charge in [-0.15, -0.1) is 11.8 Å². The molecule has 36 heavy (non-hydrogen) atoms. The third-order valence-corrected chi connectivity index (χ3v) is 8.59. The average molecular weight is 513 g/mol. The minimum atomic E-state index is -0.319. The van der Waals surface area contributed by atoms with E-state index in [4.69, 9.17) is 0 Å². The van der Waals surface area contributed by atoms with E-state index in [0.717, 1.165) is 52.9 Å². The van der Waals surface area contributed by atoms with Crippen LogP contribution in [0.5, 0.6) is 0 Å². The van der Waals surface area contributed by atoms with Gasteiger partial charge in [-0.3, -0.25) is 14.5 Å². The van der Waals surface area contributed by atoms with Crippen LogP contribution in [0.25, 0.3) is 10.9 Å². The number of rotatable bonds is 11. The number of alkyl halides is 1. The monoisotopic (exact) mass is 512 g/mol. The lowest BCUT2D eigenvalue weighted by molar-refractivity contribution is 0.0951. The summed E-state index contributed by atoms with van der Waals surface area (Å²) in [6.45, 7) is 6.38. The smallest absolute Gasteiger partial charge is 0.254 e. The summed E-state index contributed by atoms with van der Waals surface area (Å²) in [5.74, 6) is -0.178. The number of aromatic nitrogens is 2. The Labute approximate surface area is 216 Å². The molecule has 1 aliphatic carbocycles. The molecule has 6 nitrogen and oxygen atoms in total. The largest absolute Gasteiger partial charge is 0.348 e. The molecule has 0 bridgehead atoms. The zero-order valence-electron chi connectivity index (χ0n) is 21.9. The van der Waals surface area contributed by atoms with Crippen LogP contribution >= 0.6 is 11.8 Å². The maximum Gasteiger partial charge on any atom is 0.254 e. The molecule has 0 saturated heterocycles. The molecule has 1 fully saturated rings. The predicted molar refractivity (Wildman–Crippen MR) is 146 cm³/mol. The summed E-state index contributed by atoms with van der Waals surface area (Å²) in [5, 5.41) is 3.92. The lowest BCUT2D eigenvalue weighted by Crippen LogP contribution is -2.35. The number of aromatic amines is 1. The van der Waals surface area contributed by atoms with Crippen molar-refractivity contribution in [1.29, 1.82) is 0 Å². The number of hydrogen-bond donors (Lipinski definition) is 2. The molecule has 4 rings (SSSR count). The molecule has 2 aromatic heterocycles. The quantitative estimate of drug-likeness (QED) is 0.339. The summed E-state index contributed by atoms with van der Waals surface area (Å²) in [4.78, 5) is 31.9. The summed E-state index contributed by atoms with van der Waals surface area (Å²) in [5.41, 5.74) is 3.94. The van der Waals surface area contributed by atoms with E-state index >= 15 is 0 Å². The highest BCUT2D eigenvalue weighted by molar-refractivity contribution is 7.98. The second-order valence-corrected chi connectivity index (χ2v) is 10.9. The number of fused-ring (bicyclic) bond motifs is 1. The van der Waals surface area contributed by atoms with Gasteiger partial charge >= 0.3 is 0 Å². The van der Waals surface area contributed by atoms with Gasteiger partial charge in [0.15, 0.2) is 0 Å². The molecule has 194 valence electrons. The highest BCUT2D eigenvalue weighted by Gasteiger charge is 2.45. The highest BCUT2D eigenvalue weighted by Crippen LogP contribution is 2.46. The van der Waals surface area contributed by atoms with Crippen LogP contribution in [-0.4, -0.2) is 52.4 Å². The molecule has 2 N–H and O–H groups in total. The second kappa shape index (κ2) is 10.8. The van der Waals surface area contributed by atoms with Gasteiger partial charge in [-0.2, -0.15) is 0 Å². The number of carbonyl (C=O) groups excluding carboxylic acids is 1. The van der Waals surface area contributed by atoms with E-state index in [1.165, 1.54) is 11.8 Å². The Morgan fingerprint density at radius 2 is 2.03 bits per heavy atom. The van der Waals surface area contributed by atoms with Gasteiger partial charge in [0.05, 0.1) is 5.56 Å². The van der Waals surface area contributed by atoms with E-state index in [2.05, 4.69) is 32.8 Å². The molecule has 2 heterocycles. The summed E-state index contributed by atoms with van der Waals surface area (Å²) < 4.78 is 15.2. The maximum absolute atomic E-state index is 13.5. The lowest BCUT2D eigenvalue weighted by Gasteiger charge is -2.29. The van der Waals surface area contributed by atoms with Gasteiger partial charge in [-0.1, -0.05) is 18.2 Å². The highest BCUT2D eigenvalue weighted by atomic mass is 32.2. The first-order valence-electron chi connectivity index (χ1n) is 12.6. The van der Waals surface area contributed by atoms with Crippen molar-refractivity contribution in [3.8, 4) is 0 Å².